The number of carbonyl (C=O) groups excluding carboxylic acids is 1. The van der Waals surface area contributed by atoms with Crippen LogP contribution in [-0.2, 0) is 13.6 Å². The topological polar surface area (TPSA) is 53.4 Å². The van der Waals surface area contributed by atoms with Crippen LogP contribution in [0.15, 0.2) is 42.5 Å². The van der Waals surface area contributed by atoms with Crippen molar-refractivity contribution >= 4 is 34.2 Å². The third-order valence-electron chi connectivity index (χ3n) is 5.30. The summed E-state index contributed by atoms with van der Waals surface area (Å²) < 4.78 is 2.14. The van der Waals surface area contributed by atoms with Crippen molar-refractivity contribution in [2.75, 3.05) is 38.5 Å². The summed E-state index contributed by atoms with van der Waals surface area (Å²) in [4.78, 5) is 22.0. The van der Waals surface area contributed by atoms with E-state index in [2.05, 4.69) is 26.7 Å². The van der Waals surface area contributed by atoms with Crippen LogP contribution in [0.3, 0.4) is 0 Å². The second kappa shape index (κ2) is 7.91. The number of hydrogen-bond donors (Lipinski definition) is 1. The summed E-state index contributed by atoms with van der Waals surface area (Å²) >= 11 is 5.89. The van der Waals surface area contributed by atoms with Gasteiger partial charge in [-0.2, -0.15) is 0 Å². The van der Waals surface area contributed by atoms with E-state index >= 15 is 0 Å². The summed E-state index contributed by atoms with van der Waals surface area (Å²) in [7, 11) is 4.21. The van der Waals surface area contributed by atoms with Crippen LogP contribution in [-0.4, -0.2) is 58.5 Å². The Labute approximate surface area is 169 Å². The Kier molecular flexibility index (Phi) is 5.35. The number of amides is 1. The molecule has 4 rings (SSSR count). The minimum absolute atomic E-state index is 0.162. The molecule has 1 amide bonds. The van der Waals surface area contributed by atoms with Gasteiger partial charge in [0, 0.05) is 49.5 Å². The molecule has 0 saturated carbocycles. The largest absolute Gasteiger partial charge is 0.330 e. The number of benzene rings is 2. The molecule has 2 aromatic carbocycles. The summed E-state index contributed by atoms with van der Waals surface area (Å²) in [6.07, 6.45) is 0. The monoisotopic (exact) mass is 397 g/mol. The molecule has 6 nitrogen and oxygen atoms in total. The smallest absolute Gasteiger partial charge is 0.255 e. The van der Waals surface area contributed by atoms with Gasteiger partial charge in [0.1, 0.15) is 5.82 Å². The van der Waals surface area contributed by atoms with Gasteiger partial charge in [-0.1, -0.05) is 11.6 Å². The molecule has 0 bridgehead atoms. The molecule has 1 aliphatic rings. The SMILES string of the molecule is CN1CCN(Cc2nc3cc(NC(=O)c4ccc(Cl)cc4)ccc3n2C)CC1. The van der Waals surface area contributed by atoms with Gasteiger partial charge >= 0.3 is 0 Å². The van der Waals surface area contributed by atoms with Gasteiger partial charge in [-0.3, -0.25) is 9.69 Å². The average molecular weight is 398 g/mol. The lowest BCUT2D eigenvalue weighted by atomic mass is 10.2. The summed E-state index contributed by atoms with van der Waals surface area (Å²) in [6, 6.07) is 12.7. The highest BCUT2D eigenvalue weighted by Gasteiger charge is 2.17. The molecule has 3 aromatic rings. The zero-order chi connectivity index (χ0) is 19.7. The van der Waals surface area contributed by atoms with Crippen LogP contribution >= 0.6 is 11.6 Å². The molecule has 0 aliphatic carbocycles. The molecule has 1 N–H and O–H groups in total. The van der Waals surface area contributed by atoms with Gasteiger partial charge in [0.05, 0.1) is 17.6 Å². The van der Waals surface area contributed by atoms with E-state index < -0.39 is 0 Å². The number of nitrogens with zero attached hydrogens (tertiary/aromatic N) is 4. The third-order valence-corrected chi connectivity index (χ3v) is 5.55. The zero-order valence-electron chi connectivity index (χ0n) is 16.2. The third kappa shape index (κ3) is 4.04. The first-order chi connectivity index (χ1) is 13.5. The fourth-order valence-electron chi connectivity index (χ4n) is 3.48. The maximum atomic E-state index is 12.4. The van der Waals surface area contributed by atoms with Gasteiger partial charge in [0.25, 0.3) is 5.91 Å². The van der Waals surface area contributed by atoms with Crippen molar-refractivity contribution in [2.45, 2.75) is 6.54 Å². The number of imidazole rings is 1. The minimum atomic E-state index is -0.162. The fourth-order valence-corrected chi connectivity index (χ4v) is 3.61. The number of likely N-dealkylation sites (N-methyl/N-ethyl adjacent to an activating group) is 1. The number of aryl methyl sites for hydroxylation is 1. The van der Waals surface area contributed by atoms with E-state index in [4.69, 9.17) is 16.6 Å². The number of hydrogen-bond acceptors (Lipinski definition) is 4. The summed E-state index contributed by atoms with van der Waals surface area (Å²) in [5.41, 5.74) is 3.26. The van der Waals surface area contributed by atoms with Crippen LogP contribution in [0.1, 0.15) is 16.2 Å². The highest BCUT2D eigenvalue weighted by atomic mass is 35.5. The molecule has 1 fully saturated rings. The first kappa shape index (κ1) is 18.9. The maximum absolute atomic E-state index is 12.4. The van der Waals surface area contributed by atoms with E-state index in [0.29, 0.717) is 10.6 Å². The van der Waals surface area contributed by atoms with Crippen LogP contribution in [0.25, 0.3) is 11.0 Å². The van der Waals surface area contributed by atoms with E-state index in [0.717, 1.165) is 55.3 Å². The molecule has 146 valence electrons. The Morgan fingerprint density at radius 2 is 1.79 bits per heavy atom. The first-order valence-corrected chi connectivity index (χ1v) is 9.80. The Morgan fingerprint density at radius 1 is 1.07 bits per heavy atom. The Morgan fingerprint density at radius 3 is 2.50 bits per heavy atom. The average Bonchev–Trinajstić information content (AvgIpc) is 2.99. The van der Waals surface area contributed by atoms with Crippen molar-refractivity contribution < 1.29 is 4.79 Å². The number of aromatic nitrogens is 2. The molecular weight excluding hydrogens is 374 g/mol. The van der Waals surface area contributed by atoms with Crippen molar-refractivity contribution in [2.24, 2.45) is 7.05 Å². The predicted molar refractivity (Wildman–Crippen MR) is 113 cm³/mol. The minimum Gasteiger partial charge on any atom is -0.330 e. The molecule has 28 heavy (non-hydrogen) atoms. The molecule has 7 heteroatoms. The first-order valence-electron chi connectivity index (χ1n) is 9.43. The molecule has 1 saturated heterocycles. The molecule has 0 unspecified atom stereocenters. The number of piperazine rings is 1. The summed E-state index contributed by atoms with van der Waals surface area (Å²) in [5.74, 6) is 0.880. The fraction of sp³-hybridized carbons (Fsp3) is 0.333. The Hall–Kier alpha value is -2.41. The van der Waals surface area contributed by atoms with Crippen molar-refractivity contribution in [1.82, 2.24) is 19.4 Å². The highest BCUT2D eigenvalue weighted by molar-refractivity contribution is 6.30. The quantitative estimate of drug-likeness (QED) is 0.734. The number of carbonyl (C=O) groups is 1. The van der Waals surface area contributed by atoms with E-state index in [1.807, 2.05) is 25.2 Å². The van der Waals surface area contributed by atoms with E-state index in [9.17, 15) is 4.79 Å². The van der Waals surface area contributed by atoms with Crippen LogP contribution in [0.4, 0.5) is 5.69 Å². The van der Waals surface area contributed by atoms with Crippen molar-refractivity contribution in [3.05, 3.63) is 58.9 Å². The van der Waals surface area contributed by atoms with Gasteiger partial charge in [-0.25, -0.2) is 4.98 Å². The molecule has 1 aromatic heterocycles. The normalized spacial score (nSPS) is 15.8. The second-order valence-corrected chi connectivity index (χ2v) is 7.77. The predicted octanol–water partition coefficient (Wildman–Crippen LogP) is 3.23. The van der Waals surface area contributed by atoms with E-state index in [1.54, 1.807) is 24.3 Å². The van der Waals surface area contributed by atoms with Gasteiger partial charge < -0.3 is 14.8 Å². The van der Waals surface area contributed by atoms with Gasteiger partial charge in [-0.15, -0.1) is 0 Å². The van der Waals surface area contributed by atoms with Gasteiger partial charge in [0.15, 0.2) is 0 Å². The number of fused-ring (bicyclic) bond motifs is 1. The van der Waals surface area contributed by atoms with E-state index in [-0.39, 0.29) is 5.91 Å². The molecule has 0 atom stereocenters. The van der Waals surface area contributed by atoms with E-state index in [1.165, 1.54) is 0 Å². The lowest BCUT2D eigenvalue weighted by molar-refractivity contribution is 0.102. The van der Waals surface area contributed by atoms with Crippen LogP contribution < -0.4 is 5.32 Å². The number of anilines is 1. The molecule has 2 heterocycles. The Bertz CT molecular complexity index is 990. The number of halogens is 1. The standard InChI is InChI=1S/C21H24ClN5O/c1-25-9-11-27(12-10-25)14-20-24-18-13-17(7-8-19(18)26(20)2)23-21(28)15-3-5-16(22)6-4-15/h3-8,13H,9-12,14H2,1-2H3,(H,23,28). The van der Waals surface area contributed by atoms with Crippen LogP contribution in [0, 0.1) is 0 Å². The lowest BCUT2D eigenvalue weighted by Gasteiger charge is -2.31. The maximum Gasteiger partial charge on any atom is 0.255 e. The van der Waals surface area contributed by atoms with Crippen molar-refractivity contribution in [3.63, 3.8) is 0 Å². The lowest BCUT2D eigenvalue weighted by Crippen LogP contribution is -2.44. The summed E-state index contributed by atoms with van der Waals surface area (Å²) in [5, 5.41) is 3.55. The molecule has 0 spiro atoms. The number of rotatable bonds is 4. The van der Waals surface area contributed by atoms with Gasteiger partial charge in [0.2, 0.25) is 0 Å². The molecule has 0 radical (unpaired) electrons. The Balaban J connectivity index is 1.51. The highest BCUT2D eigenvalue weighted by Crippen LogP contribution is 2.21. The summed E-state index contributed by atoms with van der Waals surface area (Å²) in [6.45, 7) is 5.13. The van der Waals surface area contributed by atoms with Crippen molar-refractivity contribution in [3.8, 4) is 0 Å². The van der Waals surface area contributed by atoms with Crippen molar-refractivity contribution in [1.29, 1.82) is 0 Å². The second-order valence-electron chi connectivity index (χ2n) is 7.33. The zero-order valence-corrected chi connectivity index (χ0v) is 16.9. The van der Waals surface area contributed by atoms with Crippen LogP contribution in [0.5, 0.6) is 0 Å². The molecular formula is C21H24ClN5O. The molecule has 1 aliphatic heterocycles. The van der Waals surface area contributed by atoms with Crippen LogP contribution in [0.2, 0.25) is 5.02 Å². The number of nitrogens with one attached hydrogen (secondary N) is 1. The van der Waals surface area contributed by atoms with Gasteiger partial charge in [-0.05, 0) is 49.5 Å².